The van der Waals surface area contributed by atoms with E-state index in [2.05, 4.69) is 5.10 Å². The monoisotopic (exact) mass is 359 g/mol. The van der Waals surface area contributed by atoms with Gasteiger partial charge in [-0.3, -0.25) is 19.2 Å². The molecule has 1 saturated heterocycles. The second kappa shape index (κ2) is 7.25. The van der Waals surface area contributed by atoms with Crippen LogP contribution in [0.4, 0.5) is 10.1 Å². The molecule has 0 radical (unpaired) electrons. The summed E-state index contributed by atoms with van der Waals surface area (Å²) in [5.74, 6) is -0.624. The molecule has 0 unspecified atom stereocenters. The third kappa shape index (κ3) is 3.75. The second-order valence-corrected chi connectivity index (χ2v) is 6.61. The maximum atomic E-state index is 13.0. The molecule has 138 valence electrons. The first-order chi connectivity index (χ1) is 12.3. The number of anilines is 1. The molecule has 26 heavy (non-hydrogen) atoms. The van der Waals surface area contributed by atoms with E-state index in [-0.39, 0.29) is 35.8 Å². The summed E-state index contributed by atoms with van der Waals surface area (Å²) in [6, 6.07) is 5.56. The highest BCUT2D eigenvalue weighted by atomic mass is 19.1. The zero-order chi connectivity index (χ0) is 18.8. The largest absolute Gasteiger partial charge is 0.396 e. The zero-order valence-corrected chi connectivity index (χ0v) is 14.9. The van der Waals surface area contributed by atoms with E-state index in [0.29, 0.717) is 30.9 Å². The van der Waals surface area contributed by atoms with Crippen LogP contribution in [0.25, 0.3) is 0 Å². The standard InChI is InChI=1S/C18H22FN5O2/c1-12-9-24(18(26)17-15(20)10-22(2)21-17)8-7-23(12)11-16(25)13-3-5-14(19)6-4-13/h3-6,10,12H,7-9,11,20H2,1-2H3/t12-/m0/s1. The quantitative estimate of drug-likeness (QED) is 0.829. The molecule has 1 amide bonds. The molecular formula is C18H22FN5O2. The Morgan fingerprint density at radius 1 is 1.27 bits per heavy atom. The average Bonchev–Trinajstić information content (AvgIpc) is 2.94. The Morgan fingerprint density at radius 3 is 2.54 bits per heavy atom. The zero-order valence-electron chi connectivity index (χ0n) is 14.9. The summed E-state index contributed by atoms with van der Waals surface area (Å²) < 4.78 is 14.5. The fourth-order valence-corrected chi connectivity index (χ4v) is 3.15. The van der Waals surface area contributed by atoms with E-state index in [0.717, 1.165) is 0 Å². The van der Waals surface area contributed by atoms with Crippen LogP contribution >= 0.6 is 0 Å². The van der Waals surface area contributed by atoms with Crippen LogP contribution in [0.1, 0.15) is 27.8 Å². The van der Waals surface area contributed by atoms with Crippen molar-refractivity contribution in [1.29, 1.82) is 0 Å². The lowest BCUT2D eigenvalue weighted by Gasteiger charge is -2.39. The first kappa shape index (κ1) is 18.1. The number of benzene rings is 1. The van der Waals surface area contributed by atoms with Crippen molar-refractivity contribution >= 4 is 17.4 Å². The van der Waals surface area contributed by atoms with Crippen LogP contribution in [0, 0.1) is 5.82 Å². The molecule has 2 N–H and O–H groups in total. The first-order valence-corrected chi connectivity index (χ1v) is 8.46. The average molecular weight is 359 g/mol. The Balaban J connectivity index is 1.61. The number of hydrogen-bond acceptors (Lipinski definition) is 5. The van der Waals surface area contributed by atoms with E-state index < -0.39 is 0 Å². The van der Waals surface area contributed by atoms with Gasteiger partial charge in [0, 0.05) is 44.5 Å². The van der Waals surface area contributed by atoms with Gasteiger partial charge in [-0.1, -0.05) is 0 Å². The summed E-state index contributed by atoms with van der Waals surface area (Å²) in [7, 11) is 1.72. The molecule has 0 aliphatic carbocycles. The van der Waals surface area contributed by atoms with Gasteiger partial charge >= 0.3 is 0 Å². The van der Waals surface area contributed by atoms with Gasteiger partial charge in [-0.2, -0.15) is 5.10 Å². The number of amides is 1. The minimum atomic E-state index is -0.365. The lowest BCUT2D eigenvalue weighted by atomic mass is 10.1. The maximum Gasteiger partial charge on any atom is 0.276 e. The van der Waals surface area contributed by atoms with Gasteiger partial charge in [-0.05, 0) is 31.2 Å². The number of halogens is 1. The van der Waals surface area contributed by atoms with Crippen LogP contribution in [0.5, 0.6) is 0 Å². The Kier molecular flexibility index (Phi) is 5.03. The Morgan fingerprint density at radius 2 is 1.96 bits per heavy atom. The predicted octanol–water partition coefficient (Wildman–Crippen LogP) is 1.17. The summed E-state index contributed by atoms with van der Waals surface area (Å²) in [4.78, 5) is 28.7. The van der Waals surface area contributed by atoms with Crippen molar-refractivity contribution in [3.63, 3.8) is 0 Å². The summed E-state index contributed by atoms with van der Waals surface area (Å²) in [6.45, 7) is 3.77. The smallest absolute Gasteiger partial charge is 0.276 e. The van der Waals surface area contributed by atoms with Crippen molar-refractivity contribution in [2.45, 2.75) is 13.0 Å². The molecule has 1 atom stereocenters. The van der Waals surface area contributed by atoms with Gasteiger partial charge in [-0.25, -0.2) is 4.39 Å². The van der Waals surface area contributed by atoms with Gasteiger partial charge in [0.05, 0.1) is 12.2 Å². The molecular weight excluding hydrogens is 337 g/mol. The maximum absolute atomic E-state index is 13.0. The number of hydrogen-bond donors (Lipinski definition) is 1. The number of nitrogen functional groups attached to an aromatic ring is 1. The van der Waals surface area contributed by atoms with Crippen molar-refractivity contribution in [3.8, 4) is 0 Å². The van der Waals surface area contributed by atoms with Gasteiger partial charge in [0.2, 0.25) is 0 Å². The first-order valence-electron chi connectivity index (χ1n) is 8.46. The van der Waals surface area contributed by atoms with Crippen LogP contribution in [0.2, 0.25) is 0 Å². The van der Waals surface area contributed by atoms with Crippen molar-refractivity contribution in [3.05, 3.63) is 47.5 Å². The van der Waals surface area contributed by atoms with Gasteiger partial charge in [0.15, 0.2) is 11.5 Å². The molecule has 0 saturated carbocycles. The molecule has 8 heteroatoms. The molecule has 0 spiro atoms. The number of Topliss-reactive ketones (excluding diaryl/α,β-unsaturated/α-hetero) is 1. The van der Waals surface area contributed by atoms with Gasteiger partial charge in [0.25, 0.3) is 5.91 Å². The molecule has 2 aromatic rings. The summed E-state index contributed by atoms with van der Waals surface area (Å²) in [6.07, 6.45) is 1.61. The lowest BCUT2D eigenvalue weighted by Crippen LogP contribution is -2.54. The highest BCUT2D eigenvalue weighted by Gasteiger charge is 2.30. The van der Waals surface area contributed by atoms with Crippen LogP contribution in [0.15, 0.2) is 30.5 Å². The number of nitrogens with zero attached hydrogens (tertiary/aromatic N) is 4. The van der Waals surface area contributed by atoms with Crippen LogP contribution in [-0.2, 0) is 7.05 Å². The van der Waals surface area contributed by atoms with Crippen molar-refractivity contribution in [2.24, 2.45) is 7.05 Å². The number of nitrogens with two attached hydrogens (primary N) is 1. The number of aromatic nitrogens is 2. The molecule has 3 rings (SSSR count). The minimum absolute atomic E-state index is 0.0158. The predicted molar refractivity (Wildman–Crippen MR) is 95.3 cm³/mol. The lowest BCUT2D eigenvalue weighted by molar-refractivity contribution is 0.0497. The molecule has 1 aliphatic rings. The number of piperazine rings is 1. The Labute approximate surface area is 151 Å². The van der Waals surface area contributed by atoms with Crippen LogP contribution in [0.3, 0.4) is 0 Å². The summed E-state index contributed by atoms with van der Waals surface area (Å²) in [5, 5.41) is 4.13. The molecule has 1 aliphatic heterocycles. The van der Waals surface area contributed by atoms with E-state index in [1.165, 1.54) is 28.9 Å². The van der Waals surface area contributed by atoms with Crippen LogP contribution in [-0.4, -0.2) is 63.5 Å². The number of ketones is 1. The normalized spacial score (nSPS) is 18.1. The SMILES string of the molecule is C[C@H]1CN(C(=O)c2nn(C)cc2N)CCN1CC(=O)c1ccc(F)cc1. The van der Waals surface area contributed by atoms with E-state index in [1.54, 1.807) is 18.1 Å². The third-order valence-electron chi connectivity index (χ3n) is 4.62. The molecule has 1 aromatic heterocycles. The topological polar surface area (TPSA) is 84.5 Å². The number of carbonyl (C=O) groups excluding carboxylic acids is 2. The fourth-order valence-electron chi connectivity index (χ4n) is 3.15. The molecule has 2 heterocycles. The number of rotatable bonds is 4. The molecule has 7 nitrogen and oxygen atoms in total. The summed E-state index contributed by atoms with van der Waals surface area (Å²) in [5.41, 5.74) is 6.94. The van der Waals surface area contributed by atoms with E-state index >= 15 is 0 Å². The third-order valence-corrected chi connectivity index (χ3v) is 4.62. The summed E-state index contributed by atoms with van der Waals surface area (Å²) >= 11 is 0. The van der Waals surface area contributed by atoms with E-state index in [4.69, 9.17) is 5.73 Å². The van der Waals surface area contributed by atoms with Gasteiger partial charge in [0.1, 0.15) is 5.82 Å². The van der Waals surface area contributed by atoms with Crippen molar-refractivity contribution in [1.82, 2.24) is 19.6 Å². The van der Waals surface area contributed by atoms with Crippen LogP contribution < -0.4 is 5.73 Å². The molecule has 1 aromatic carbocycles. The molecule has 0 bridgehead atoms. The number of aryl methyl sites for hydroxylation is 1. The molecule has 1 fully saturated rings. The fraction of sp³-hybridized carbons (Fsp3) is 0.389. The van der Waals surface area contributed by atoms with Crippen molar-refractivity contribution < 1.29 is 14.0 Å². The van der Waals surface area contributed by atoms with E-state index in [9.17, 15) is 14.0 Å². The van der Waals surface area contributed by atoms with Gasteiger partial charge < -0.3 is 10.6 Å². The number of carbonyl (C=O) groups is 2. The highest BCUT2D eigenvalue weighted by Crippen LogP contribution is 2.17. The second-order valence-electron chi connectivity index (χ2n) is 6.61. The van der Waals surface area contributed by atoms with Gasteiger partial charge in [-0.15, -0.1) is 0 Å². The van der Waals surface area contributed by atoms with E-state index in [1.807, 2.05) is 11.8 Å². The minimum Gasteiger partial charge on any atom is -0.396 e. The Hall–Kier alpha value is -2.74. The highest BCUT2D eigenvalue weighted by molar-refractivity contribution is 5.98. The van der Waals surface area contributed by atoms with Crippen molar-refractivity contribution in [2.75, 3.05) is 31.9 Å². The Bertz CT molecular complexity index is 817.